The second-order valence-electron chi connectivity index (χ2n) is 7.92. The van der Waals surface area contributed by atoms with Gasteiger partial charge in [-0.3, -0.25) is 14.0 Å². The maximum Gasteiger partial charge on any atom is 0.420 e. The molecule has 32 heavy (non-hydrogen) atoms. The predicted molar refractivity (Wildman–Crippen MR) is 108 cm³/mol. The molecule has 0 unspecified atom stereocenters. The zero-order valence-electron chi connectivity index (χ0n) is 16.7. The lowest BCUT2D eigenvalue weighted by Gasteiger charge is -2.42. The van der Waals surface area contributed by atoms with Crippen molar-refractivity contribution >= 4 is 29.1 Å². The highest BCUT2D eigenvalue weighted by Gasteiger charge is 2.38. The molecule has 1 saturated carbocycles. The number of imidazole rings is 2. The molecule has 1 saturated heterocycles. The predicted octanol–water partition coefficient (Wildman–Crippen LogP) is 3.03. The Balaban J connectivity index is 1.51. The Hall–Kier alpha value is -3.08. The molecule has 3 aromatic heterocycles. The van der Waals surface area contributed by atoms with E-state index in [1.807, 2.05) is 0 Å². The minimum Gasteiger partial charge on any atom is -0.336 e. The summed E-state index contributed by atoms with van der Waals surface area (Å²) in [6.45, 7) is 0.516. The lowest BCUT2D eigenvalue weighted by atomic mass is 9.91. The number of aromatic nitrogens is 4. The van der Waals surface area contributed by atoms with Crippen LogP contribution in [-0.4, -0.2) is 66.2 Å². The van der Waals surface area contributed by atoms with Crippen LogP contribution < -0.4 is 0 Å². The maximum absolute atomic E-state index is 13.8. The molecule has 2 amide bonds. The van der Waals surface area contributed by atoms with E-state index < -0.39 is 23.3 Å². The fraction of sp³-hybridized carbons (Fsp3) is 0.400. The summed E-state index contributed by atoms with van der Waals surface area (Å²) in [5.41, 5.74) is -1.67. The number of carbonyl (C=O) groups is 2. The van der Waals surface area contributed by atoms with Crippen LogP contribution in [0, 0.1) is 0 Å². The van der Waals surface area contributed by atoms with Crippen molar-refractivity contribution in [3.63, 3.8) is 0 Å². The number of nitrogens with zero attached hydrogens (tertiary/aromatic N) is 6. The van der Waals surface area contributed by atoms with Crippen LogP contribution in [0.15, 0.2) is 31.0 Å². The van der Waals surface area contributed by atoms with Crippen molar-refractivity contribution in [1.29, 1.82) is 0 Å². The van der Waals surface area contributed by atoms with Crippen LogP contribution in [0.5, 0.6) is 0 Å². The Bertz CT molecular complexity index is 1200. The van der Waals surface area contributed by atoms with Gasteiger partial charge in [0.1, 0.15) is 17.3 Å². The molecule has 2 fully saturated rings. The number of pyridine rings is 1. The van der Waals surface area contributed by atoms with Crippen molar-refractivity contribution in [3.8, 4) is 5.69 Å². The Labute approximate surface area is 185 Å². The minimum absolute atomic E-state index is 0.147. The van der Waals surface area contributed by atoms with Gasteiger partial charge in [-0.2, -0.15) is 13.2 Å². The van der Waals surface area contributed by atoms with Crippen molar-refractivity contribution in [2.45, 2.75) is 31.5 Å². The van der Waals surface area contributed by atoms with E-state index in [0.717, 1.165) is 29.7 Å². The fourth-order valence-corrected chi connectivity index (χ4v) is 4.35. The average molecular weight is 467 g/mol. The van der Waals surface area contributed by atoms with Crippen molar-refractivity contribution in [1.82, 2.24) is 28.7 Å². The first-order chi connectivity index (χ1) is 15.2. The standard InChI is InChI=1S/C20H18ClF3N6O2/c21-17-16(19(32)27-6-7-29(15(31)10-27)12-2-1-3-12)26-18-14(20(22,23)24)8-13(9-30(17)18)28-5-4-25-11-28/h4-5,8-9,11-12H,1-3,6-7,10H2. The van der Waals surface area contributed by atoms with Gasteiger partial charge in [0.15, 0.2) is 11.3 Å². The quantitative estimate of drug-likeness (QED) is 0.594. The summed E-state index contributed by atoms with van der Waals surface area (Å²) >= 11 is 6.34. The van der Waals surface area contributed by atoms with Gasteiger partial charge >= 0.3 is 6.18 Å². The Morgan fingerprint density at radius 2 is 2.00 bits per heavy atom. The number of rotatable bonds is 3. The molecule has 0 N–H and O–H groups in total. The van der Waals surface area contributed by atoms with Gasteiger partial charge in [-0.25, -0.2) is 9.97 Å². The topological polar surface area (TPSA) is 75.7 Å². The monoisotopic (exact) mass is 466 g/mol. The number of alkyl halides is 3. The van der Waals surface area contributed by atoms with E-state index in [1.165, 1.54) is 34.4 Å². The first-order valence-electron chi connectivity index (χ1n) is 10.1. The molecule has 168 valence electrons. The Morgan fingerprint density at radius 1 is 1.22 bits per heavy atom. The van der Waals surface area contributed by atoms with E-state index in [-0.39, 0.29) is 41.6 Å². The highest BCUT2D eigenvalue weighted by atomic mass is 35.5. The van der Waals surface area contributed by atoms with Crippen LogP contribution in [0.4, 0.5) is 13.2 Å². The lowest BCUT2D eigenvalue weighted by molar-refractivity contribution is -0.139. The number of piperazine rings is 1. The van der Waals surface area contributed by atoms with Gasteiger partial charge in [-0.05, 0) is 25.3 Å². The molecule has 0 radical (unpaired) electrons. The van der Waals surface area contributed by atoms with Crippen molar-refractivity contribution in [3.05, 3.63) is 47.4 Å². The summed E-state index contributed by atoms with van der Waals surface area (Å²) in [5.74, 6) is -0.842. The van der Waals surface area contributed by atoms with E-state index in [2.05, 4.69) is 9.97 Å². The summed E-state index contributed by atoms with van der Waals surface area (Å²) in [6, 6.07) is 1.14. The van der Waals surface area contributed by atoms with Crippen LogP contribution >= 0.6 is 11.6 Å². The minimum atomic E-state index is -4.72. The summed E-state index contributed by atoms with van der Waals surface area (Å²) in [7, 11) is 0. The van der Waals surface area contributed by atoms with Gasteiger partial charge < -0.3 is 14.4 Å². The second-order valence-corrected chi connectivity index (χ2v) is 8.28. The summed E-state index contributed by atoms with van der Waals surface area (Å²) in [5, 5.41) is -0.244. The van der Waals surface area contributed by atoms with Gasteiger partial charge in [0, 0.05) is 37.7 Å². The molecule has 0 spiro atoms. The van der Waals surface area contributed by atoms with Gasteiger partial charge in [-0.15, -0.1) is 0 Å². The molecule has 4 heterocycles. The van der Waals surface area contributed by atoms with Crippen LogP contribution in [0.2, 0.25) is 5.15 Å². The molecule has 1 aliphatic heterocycles. The Morgan fingerprint density at radius 3 is 2.59 bits per heavy atom. The summed E-state index contributed by atoms with van der Waals surface area (Å²) in [4.78, 5) is 36.4. The zero-order valence-corrected chi connectivity index (χ0v) is 17.5. The highest BCUT2D eigenvalue weighted by molar-refractivity contribution is 6.33. The summed E-state index contributed by atoms with van der Waals surface area (Å²) in [6.07, 6.45) is 3.90. The first-order valence-corrected chi connectivity index (χ1v) is 10.5. The maximum atomic E-state index is 13.8. The average Bonchev–Trinajstić information content (AvgIpc) is 3.35. The Kier molecular flexibility index (Phi) is 4.88. The normalized spacial score (nSPS) is 17.8. The molecular weight excluding hydrogens is 449 g/mol. The number of halogens is 4. The van der Waals surface area contributed by atoms with Crippen LogP contribution in [0.3, 0.4) is 0 Å². The molecule has 0 atom stereocenters. The van der Waals surface area contributed by atoms with Crippen molar-refractivity contribution < 1.29 is 22.8 Å². The molecule has 12 heteroatoms. The first kappa shape index (κ1) is 20.8. The zero-order chi connectivity index (χ0) is 22.6. The smallest absolute Gasteiger partial charge is 0.336 e. The molecule has 3 aromatic rings. The van der Waals surface area contributed by atoms with Crippen molar-refractivity contribution in [2.24, 2.45) is 0 Å². The molecule has 1 aliphatic carbocycles. The third kappa shape index (κ3) is 3.40. The highest BCUT2D eigenvalue weighted by Crippen LogP contribution is 2.36. The largest absolute Gasteiger partial charge is 0.420 e. The lowest BCUT2D eigenvalue weighted by Crippen LogP contribution is -2.56. The van der Waals surface area contributed by atoms with Crippen LogP contribution in [0.1, 0.15) is 35.3 Å². The SMILES string of the molecule is O=C(c1nc2c(C(F)(F)F)cc(-n3ccnc3)cn2c1Cl)N1CCN(C2CCC2)C(=O)C1. The van der Waals surface area contributed by atoms with Gasteiger partial charge in [0.2, 0.25) is 5.91 Å². The molecule has 0 bridgehead atoms. The number of amides is 2. The van der Waals surface area contributed by atoms with Gasteiger partial charge in [-0.1, -0.05) is 11.6 Å². The third-order valence-electron chi connectivity index (χ3n) is 6.02. The van der Waals surface area contributed by atoms with E-state index in [0.29, 0.717) is 6.54 Å². The van der Waals surface area contributed by atoms with Gasteiger partial charge in [0.25, 0.3) is 5.91 Å². The van der Waals surface area contributed by atoms with Crippen LogP contribution in [-0.2, 0) is 11.0 Å². The van der Waals surface area contributed by atoms with Crippen LogP contribution in [0.25, 0.3) is 11.3 Å². The van der Waals surface area contributed by atoms with E-state index in [4.69, 9.17) is 11.6 Å². The second kappa shape index (κ2) is 7.51. The summed E-state index contributed by atoms with van der Waals surface area (Å²) < 4.78 is 43.8. The van der Waals surface area contributed by atoms with Gasteiger partial charge in [0.05, 0.1) is 12.0 Å². The molecule has 2 aliphatic rings. The third-order valence-corrected chi connectivity index (χ3v) is 6.38. The fourth-order valence-electron chi connectivity index (χ4n) is 4.09. The number of fused-ring (bicyclic) bond motifs is 1. The number of carbonyl (C=O) groups excluding carboxylic acids is 2. The van der Waals surface area contributed by atoms with E-state index >= 15 is 0 Å². The van der Waals surface area contributed by atoms with Crippen molar-refractivity contribution in [2.75, 3.05) is 19.6 Å². The molecule has 5 rings (SSSR count). The van der Waals surface area contributed by atoms with E-state index in [9.17, 15) is 22.8 Å². The van der Waals surface area contributed by atoms with E-state index in [1.54, 1.807) is 4.90 Å². The molecular formula is C20H18ClF3N6O2. The number of hydrogen-bond donors (Lipinski definition) is 0. The number of hydrogen-bond acceptors (Lipinski definition) is 4. The molecule has 0 aromatic carbocycles. The molecule has 8 nitrogen and oxygen atoms in total.